The molecule has 2 aromatic rings. The Hall–Kier alpha value is -1.18. The summed E-state index contributed by atoms with van der Waals surface area (Å²) in [6.07, 6.45) is 0.616. The molecule has 0 bridgehead atoms. The quantitative estimate of drug-likeness (QED) is 0.847. The van der Waals surface area contributed by atoms with E-state index in [1.165, 1.54) is 17.4 Å². The van der Waals surface area contributed by atoms with E-state index >= 15 is 0 Å². The highest BCUT2D eigenvalue weighted by atomic mass is 35.5. The van der Waals surface area contributed by atoms with Crippen LogP contribution in [-0.4, -0.2) is 20.1 Å². The van der Waals surface area contributed by atoms with Gasteiger partial charge in [0, 0.05) is 17.0 Å². The molecule has 2 N–H and O–H groups in total. The molecule has 1 aromatic heterocycles. The lowest BCUT2D eigenvalue weighted by atomic mass is 10.2. The summed E-state index contributed by atoms with van der Waals surface area (Å²) in [4.78, 5) is 0. The van der Waals surface area contributed by atoms with Crippen LogP contribution in [0.1, 0.15) is 17.2 Å². The number of thiophene rings is 1. The zero-order valence-electron chi connectivity index (χ0n) is 10.9. The second-order valence-corrected chi connectivity index (χ2v) is 7.19. The van der Waals surface area contributed by atoms with Gasteiger partial charge in [-0.2, -0.15) is 11.3 Å². The van der Waals surface area contributed by atoms with Crippen molar-refractivity contribution in [1.29, 1.82) is 0 Å². The van der Waals surface area contributed by atoms with Crippen LogP contribution in [0.2, 0.25) is 5.02 Å². The normalized spacial score (nSPS) is 13.6. The zero-order valence-corrected chi connectivity index (χ0v) is 13.3. The zero-order chi connectivity index (χ0) is 15.3. The minimum Gasteiger partial charge on any atom is -0.387 e. The number of aliphatic hydroxyl groups excluding tert-OH is 1. The van der Waals surface area contributed by atoms with Gasteiger partial charge in [0.15, 0.2) is 0 Å². The topological polar surface area (TPSA) is 66.4 Å². The van der Waals surface area contributed by atoms with E-state index in [9.17, 15) is 13.5 Å². The Labute approximate surface area is 132 Å². The van der Waals surface area contributed by atoms with Gasteiger partial charge in [0.2, 0.25) is 10.0 Å². The van der Waals surface area contributed by atoms with Gasteiger partial charge in [0.1, 0.15) is 0 Å². The Kier molecular flexibility index (Phi) is 5.55. The fraction of sp³-hybridized carbons (Fsp3) is 0.143. The lowest BCUT2D eigenvalue weighted by Gasteiger charge is -2.09. The van der Waals surface area contributed by atoms with Crippen molar-refractivity contribution in [3.05, 3.63) is 62.6 Å². The van der Waals surface area contributed by atoms with E-state index in [1.54, 1.807) is 35.7 Å². The molecular formula is C14H14ClNO3S2. The van der Waals surface area contributed by atoms with E-state index in [-0.39, 0.29) is 6.54 Å². The van der Waals surface area contributed by atoms with Crippen molar-refractivity contribution in [2.45, 2.75) is 6.10 Å². The van der Waals surface area contributed by atoms with E-state index in [2.05, 4.69) is 4.72 Å². The Morgan fingerprint density at radius 2 is 2.00 bits per heavy atom. The smallest absolute Gasteiger partial charge is 0.233 e. The van der Waals surface area contributed by atoms with Crippen LogP contribution in [0.5, 0.6) is 0 Å². The summed E-state index contributed by atoms with van der Waals surface area (Å²) in [5.74, 6) is 0. The molecule has 0 fully saturated rings. The molecular weight excluding hydrogens is 330 g/mol. The molecule has 0 saturated heterocycles. The molecule has 1 unspecified atom stereocenters. The number of sulfonamides is 1. The maximum atomic E-state index is 11.8. The molecule has 1 aromatic carbocycles. The lowest BCUT2D eigenvalue weighted by molar-refractivity contribution is 0.182. The predicted molar refractivity (Wildman–Crippen MR) is 86.7 cm³/mol. The fourth-order valence-electron chi connectivity index (χ4n) is 1.57. The number of nitrogens with one attached hydrogen (secondary N) is 1. The molecule has 112 valence electrons. The second kappa shape index (κ2) is 7.20. The number of hydrogen-bond donors (Lipinski definition) is 2. The minimum absolute atomic E-state index is 0.0655. The van der Waals surface area contributed by atoms with Crippen LogP contribution in [0.4, 0.5) is 0 Å². The van der Waals surface area contributed by atoms with Crippen LogP contribution in [0.15, 0.2) is 46.5 Å². The predicted octanol–water partition coefficient (Wildman–Crippen LogP) is 3.03. The molecule has 0 aliphatic carbocycles. The molecule has 1 atom stereocenters. The Bertz CT molecular complexity index is 694. The van der Waals surface area contributed by atoms with Crippen molar-refractivity contribution < 1.29 is 13.5 Å². The first-order valence-corrected chi connectivity index (χ1v) is 8.96. The molecule has 7 heteroatoms. The molecule has 0 amide bonds. The van der Waals surface area contributed by atoms with Crippen LogP contribution in [-0.2, 0) is 10.0 Å². The Morgan fingerprint density at radius 3 is 2.62 bits per heavy atom. The fourth-order valence-corrected chi connectivity index (χ4v) is 3.22. The van der Waals surface area contributed by atoms with Crippen molar-refractivity contribution in [3.63, 3.8) is 0 Å². The van der Waals surface area contributed by atoms with Crippen LogP contribution in [0.25, 0.3) is 6.08 Å². The van der Waals surface area contributed by atoms with Gasteiger partial charge in [-0.1, -0.05) is 23.7 Å². The summed E-state index contributed by atoms with van der Waals surface area (Å²) in [6.45, 7) is -0.0655. The van der Waals surface area contributed by atoms with Crippen LogP contribution < -0.4 is 4.72 Å². The first kappa shape index (κ1) is 16.2. The average molecular weight is 344 g/mol. The summed E-state index contributed by atoms with van der Waals surface area (Å²) in [6, 6.07) is 8.56. The number of halogens is 1. The van der Waals surface area contributed by atoms with Crippen molar-refractivity contribution >= 4 is 39.0 Å². The van der Waals surface area contributed by atoms with Crippen LogP contribution in [0, 0.1) is 0 Å². The monoisotopic (exact) mass is 343 g/mol. The minimum atomic E-state index is -3.60. The Morgan fingerprint density at radius 1 is 1.29 bits per heavy atom. The van der Waals surface area contributed by atoms with Gasteiger partial charge in [0.05, 0.1) is 6.10 Å². The number of aliphatic hydroxyl groups is 1. The maximum Gasteiger partial charge on any atom is 0.233 e. The number of benzene rings is 1. The largest absolute Gasteiger partial charge is 0.387 e. The van der Waals surface area contributed by atoms with Gasteiger partial charge in [-0.05, 0) is 46.2 Å². The van der Waals surface area contributed by atoms with Crippen molar-refractivity contribution in [1.82, 2.24) is 4.72 Å². The van der Waals surface area contributed by atoms with Gasteiger partial charge >= 0.3 is 0 Å². The molecule has 0 saturated carbocycles. The van der Waals surface area contributed by atoms with E-state index in [1.807, 2.05) is 5.38 Å². The molecule has 4 nitrogen and oxygen atoms in total. The van der Waals surface area contributed by atoms with Gasteiger partial charge in [-0.25, -0.2) is 13.1 Å². The highest BCUT2D eigenvalue weighted by Crippen LogP contribution is 2.15. The summed E-state index contributed by atoms with van der Waals surface area (Å²) in [7, 11) is -3.60. The molecule has 0 spiro atoms. The molecule has 0 aliphatic heterocycles. The first-order valence-electron chi connectivity index (χ1n) is 6.10. The summed E-state index contributed by atoms with van der Waals surface area (Å²) < 4.78 is 26.0. The van der Waals surface area contributed by atoms with Crippen molar-refractivity contribution in [3.8, 4) is 0 Å². The van der Waals surface area contributed by atoms with Crippen molar-refractivity contribution in [2.24, 2.45) is 0 Å². The molecule has 2 rings (SSSR count). The highest BCUT2D eigenvalue weighted by Gasteiger charge is 2.12. The summed E-state index contributed by atoms with van der Waals surface area (Å²) >= 11 is 7.20. The maximum absolute atomic E-state index is 11.8. The van der Waals surface area contributed by atoms with Gasteiger partial charge in [-0.3, -0.25) is 0 Å². The molecule has 0 radical (unpaired) electrons. The lowest BCUT2D eigenvalue weighted by Crippen LogP contribution is -2.26. The van der Waals surface area contributed by atoms with Crippen LogP contribution >= 0.6 is 22.9 Å². The molecule has 1 heterocycles. The second-order valence-electron chi connectivity index (χ2n) is 4.32. The molecule has 21 heavy (non-hydrogen) atoms. The van der Waals surface area contributed by atoms with Gasteiger partial charge in [-0.15, -0.1) is 0 Å². The first-order chi connectivity index (χ1) is 9.96. The number of rotatable bonds is 6. The van der Waals surface area contributed by atoms with Gasteiger partial charge < -0.3 is 5.11 Å². The third kappa shape index (κ3) is 5.26. The Balaban J connectivity index is 1.94. The highest BCUT2D eigenvalue weighted by molar-refractivity contribution is 7.92. The van der Waals surface area contributed by atoms with E-state index in [4.69, 9.17) is 11.6 Å². The van der Waals surface area contributed by atoms with Gasteiger partial charge in [0.25, 0.3) is 0 Å². The van der Waals surface area contributed by atoms with Crippen LogP contribution in [0.3, 0.4) is 0 Å². The summed E-state index contributed by atoms with van der Waals surface area (Å²) in [5, 5.41) is 15.1. The average Bonchev–Trinajstić information content (AvgIpc) is 2.99. The van der Waals surface area contributed by atoms with Crippen molar-refractivity contribution in [2.75, 3.05) is 6.54 Å². The summed E-state index contributed by atoms with van der Waals surface area (Å²) in [5.41, 5.74) is 1.42. The molecule has 0 aliphatic rings. The third-order valence-electron chi connectivity index (χ3n) is 2.72. The standard InChI is InChI=1S/C14H14ClNO3S2/c15-13-3-1-11(2-4-13)6-8-21(18,19)16-9-14(17)12-5-7-20-10-12/h1-8,10,14,16-17H,9H2/b8-6+. The van der Waals surface area contributed by atoms with E-state index in [0.717, 1.165) is 11.0 Å². The number of hydrogen-bond acceptors (Lipinski definition) is 4. The van der Waals surface area contributed by atoms with E-state index in [0.29, 0.717) is 10.6 Å². The SMILES string of the molecule is O=S(=O)(/C=C/c1ccc(Cl)cc1)NCC(O)c1ccsc1. The third-order valence-corrected chi connectivity index (χ3v) is 4.73. The van der Waals surface area contributed by atoms with E-state index < -0.39 is 16.1 Å².